The number of ether oxygens (including phenoxy) is 1. The van der Waals surface area contributed by atoms with Crippen LogP contribution in [-0.4, -0.2) is 63.1 Å². The van der Waals surface area contributed by atoms with E-state index >= 15 is 0 Å². The van der Waals surface area contributed by atoms with Crippen molar-refractivity contribution >= 4 is 29.4 Å². The number of nitrogens with zero attached hydrogens (tertiary/aromatic N) is 1. The largest absolute Gasteiger partial charge is 0.507 e. The highest BCUT2D eigenvalue weighted by atomic mass is 32.2. The summed E-state index contributed by atoms with van der Waals surface area (Å²) in [5.41, 5.74) is 4.62. The molecule has 0 saturated carbocycles. The van der Waals surface area contributed by atoms with Crippen molar-refractivity contribution in [1.82, 2.24) is 4.90 Å². The Kier molecular flexibility index (Phi) is 4.38. The Balaban J connectivity index is 1.73. The van der Waals surface area contributed by atoms with Crippen molar-refractivity contribution in [1.29, 1.82) is 0 Å². The van der Waals surface area contributed by atoms with Gasteiger partial charge in [0.1, 0.15) is 34.9 Å². The highest BCUT2D eigenvalue weighted by Crippen LogP contribution is 2.42. The monoisotopic (exact) mass is 366 g/mol. The zero-order chi connectivity index (χ0) is 18.4. The fourth-order valence-corrected chi connectivity index (χ4v) is 4.40. The minimum absolute atomic E-state index is 0.0318. The minimum Gasteiger partial charge on any atom is -0.507 e. The van der Waals surface area contributed by atoms with Gasteiger partial charge in [0.05, 0.1) is 5.56 Å². The molecule has 3 atom stereocenters. The number of hydrogen-bond acceptors (Lipinski definition) is 7. The number of carbonyl (C=O) groups is 3. The molecule has 0 spiro atoms. The zero-order valence-corrected chi connectivity index (χ0v) is 14.3. The number of amides is 1. The lowest BCUT2D eigenvalue weighted by Gasteiger charge is -2.52. The van der Waals surface area contributed by atoms with Crippen molar-refractivity contribution in [2.75, 3.05) is 18.9 Å². The number of β-lactam (4-membered cyclic amide) rings is 1. The summed E-state index contributed by atoms with van der Waals surface area (Å²) in [5, 5.41) is 19.3. The predicted octanol–water partition coefficient (Wildman–Crippen LogP) is 0.287. The smallest absolute Gasteiger partial charge is 0.315 e. The summed E-state index contributed by atoms with van der Waals surface area (Å²) in [6.07, 6.45) is 0. The van der Waals surface area contributed by atoms with Crippen molar-refractivity contribution in [3.8, 4) is 11.5 Å². The highest BCUT2D eigenvalue weighted by molar-refractivity contribution is 8.00. The molecule has 2 saturated heterocycles. The average molecular weight is 366 g/mol. The number of nitrogens with two attached hydrogens (primary N) is 1. The number of benzene rings is 1. The van der Waals surface area contributed by atoms with Crippen LogP contribution in [0, 0.1) is 5.41 Å². The molecule has 134 valence electrons. The third kappa shape index (κ3) is 2.93. The van der Waals surface area contributed by atoms with Gasteiger partial charge in [0.15, 0.2) is 5.78 Å². The van der Waals surface area contributed by atoms with E-state index in [1.807, 2.05) is 0 Å². The van der Waals surface area contributed by atoms with Crippen LogP contribution in [0.3, 0.4) is 0 Å². The molecular weight excluding hydrogens is 348 g/mol. The van der Waals surface area contributed by atoms with E-state index in [0.29, 0.717) is 0 Å². The summed E-state index contributed by atoms with van der Waals surface area (Å²) in [6, 6.07) is 3.61. The van der Waals surface area contributed by atoms with E-state index in [4.69, 9.17) is 10.5 Å². The van der Waals surface area contributed by atoms with Gasteiger partial charge in [-0.1, -0.05) is 0 Å². The molecule has 1 aromatic carbocycles. The van der Waals surface area contributed by atoms with Crippen molar-refractivity contribution in [2.24, 2.45) is 11.1 Å². The average Bonchev–Trinajstić information content (AvgIpc) is 2.58. The number of aliphatic carboxylic acids is 1. The summed E-state index contributed by atoms with van der Waals surface area (Å²) < 4.78 is 5.56. The number of thioether (sulfide) groups is 1. The molecule has 1 amide bonds. The van der Waals surface area contributed by atoms with Crippen LogP contribution in [0.1, 0.15) is 17.3 Å². The first-order valence-electron chi connectivity index (χ1n) is 7.63. The van der Waals surface area contributed by atoms with Crippen molar-refractivity contribution in [3.05, 3.63) is 23.8 Å². The van der Waals surface area contributed by atoms with Gasteiger partial charge in [0, 0.05) is 18.4 Å². The van der Waals surface area contributed by atoms with E-state index in [-0.39, 0.29) is 53.0 Å². The fourth-order valence-electron chi connectivity index (χ4n) is 2.93. The van der Waals surface area contributed by atoms with Gasteiger partial charge < -0.3 is 25.6 Å². The molecule has 4 N–H and O–H groups in total. The maximum absolute atomic E-state index is 11.8. The molecule has 0 aromatic heterocycles. The molecule has 1 aromatic rings. The van der Waals surface area contributed by atoms with Gasteiger partial charge in [0.25, 0.3) is 0 Å². The molecule has 8 nitrogen and oxygen atoms in total. The number of fused-ring (bicyclic) bond motifs is 1. The molecule has 2 fully saturated rings. The third-order valence-corrected chi connectivity index (χ3v) is 6.11. The van der Waals surface area contributed by atoms with Crippen LogP contribution in [0.2, 0.25) is 0 Å². The van der Waals surface area contributed by atoms with Crippen LogP contribution in [-0.2, 0) is 9.59 Å². The maximum atomic E-state index is 11.8. The van der Waals surface area contributed by atoms with E-state index in [2.05, 4.69) is 0 Å². The minimum atomic E-state index is -1.26. The first-order valence-corrected chi connectivity index (χ1v) is 8.68. The van der Waals surface area contributed by atoms with E-state index in [1.165, 1.54) is 41.8 Å². The van der Waals surface area contributed by atoms with Crippen LogP contribution in [0.25, 0.3) is 0 Å². The quantitative estimate of drug-likeness (QED) is 0.501. The van der Waals surface area contributed by atoms with Gasteiger partial charge >= 0.3 is 5.97 Å². The van der Waals surface area contributed by atoms with E-state index in [1.54, 1.807) is 0 Å². The lowest BCUT2D eigenvalue weighted by atomic mass is 9.88. The molecule has 0 aliphatic carbocycles. The number of hydrogen-bond donors (Lipinski definition) is 3. The highest BCUT2D eigenvalue weighted by Gasteiger charge is 2.56. The first-order chi connectivity index (χ1) is 11.7. The van der Waals surface area contributed by atoms with Crippen molar-refractivity contribution in [3.63, 3.8) is 0 Å². The lowest BCUT2D eigenvalue weighted by molar-refractivity contribution is -0.158. The Hall–Kier alpha value is -2.26. The second-order valence-electron chi connectivity index (χ2n) is 6.30. The van der Waals surface area contributed by atoms with Gasteiger partial charge in [-0.25, -0.2) is 0 Å². The van der Waals surface area contributed by atoms with Gasteiger partial charge in [-0.15, -0.1) is 11.8 Å². The molecule has 2 unspecified atom stereocenters. The van der Waals surface area contributed by atoms with E-state index in [9.17, 15) is 24.6 Å². The number of rotatable bonds is 5. The summed E-state index contributed by atoms with van der Waals surface area (Å²) in [4.78, 5) is 36.4. The standard InChI is InChI=1S/C16H18N2O6S/c1-8(19)10-3-2-9(4-11(10)20)24-6-16(15(22)23)5-18-13(21)12(17)14(18)25-7-16/h2-4,12,14,20H,5-7,17H2,1H3,(H,22,23)/t12?,14-,16?/m1/s1. The number of phenols is 1. The Morgan fingerprint density at radius 3 is 2.80 bits per heavy atom. The summed E-state index contributed by atoms with van der Waals surface area (Å²) in [7, 11) is 0. The second-order valence-corrected chi connectivity index (χ2v) is 7.41. The molecule has 0 radical (unpaired) electrons. The zero-order valence-electron chi connectivity index (χ0n) is 13.5. The maximum Gasteiger partial charge on any atom is 0.315 e. The van der Waals surface area contributed by atoms with Gasteiger partial charge in [-0.3, -0.25) is 14.4 Å². The number of ketones is 1. The normalized spacial score (nSPS) is 28.1. The molecule has 3 rings (SSSR count). The van der Waals surface area contributed by atoms with Crippen LogP contribution in [0.4, 0.5) is 0 Å². The topological polar surface area (TPSA) is 130 Å². The number of Topliss-reactive ketones (excluding diaryl/α,β-unsaturated/α-hetero) is 1. The fraction of sp³-hybridized carbons (Fsp3) is 0.438. The molecule has 2 aliphatic rings. The Bertz CT molecular complexity index is 754. The molecular formula is C16H18N2O6S. The van der Waals surface area contributed by atoms with Gasteiger partial charge in [-0.2, -0.15) is 0 Å². The Morgan fingerprint density at radius 2 is 2.20 bits per heavy atom. The van der Waals surface area contributed by atoms with Crippen LogP contribution in [0.5, 0.6) is 11.5 Å². The van der Waals surface area contributed by atoms with Crippen molar-refractivity contribution in [2.45, 2.75) is 18.3 Å². The number of carboxylic acid groups (broad SMARTS) is 1. The predicted molar refractivity (Wildman–Crippen MR) is 89.6 cm³/mol. The van der Waals surface area contributed by atoms with Gasteiger partial charge in [-0.05, 0) is 19.1 Å². The SMILES string of the molecule is CC(=O)c1ccc(OCC2(C(=O)O)CS[C@@H]3C(N)C(=O)N3C2)cc1O. The molecule has 2 aliphatic heterocycles. The number of carbonyl (C=O) groups excluding carboxylic acids is 2. The summed E-state index contributed by atoms with van der Waals surface area (Å²) in [6.45, 7) is 1.20. The molecule has 25 heavy (non-hydrogen) atoms. The second kappa shape index (κ2) is 6.23. The van der Waals surface area contributed by atoms with Gasteiger partial charge in [0.2, 0.25) is 5.91 Å². The summed E-state index contributed by atoms with van der Waals surface area (Å²) in [5.74, 6) is -1.31. The number of carboxylic acids is 1. The summed E-state index contributed by atoms with van der Waals surface area (Å²) >= 11 is 1.33. The molecule has 0 bridgehead atoms. The van der Waals surface area contributed by atoms with Crippen LogP contribution < -0.4 is 10.5 Å². The number of aromatic hydroxyl groups is 1. The van der Waals surface area contributed by atoms with E-state index < -0.39 is 17.4 Å². The molecule has 2 heterocycles. The van der Waals surface area contributed by atoms with Crippen LogP contribution >= 0.6 is 11.8 Å². The lowest BCUT2D eigenvalue weighted by Crippen LogP contribution is -2.72. The number of phenolic OH excluding ortho intramolecular Hbond substituents is 1. The Labute approximate surface area is 147 Å². The third-order valence-electron chi connectivity index (χ3n) is 4.50. The Morgan fingerprint density at radius 1 is 1.48 bits per heavy atom. The van der Waals surface area contributed by atoms with E-state index in [0.717, 1.165) is 0 Å². The van der Waals surface area contributed by atoms with Crippen LogP contribution in [0.15, 0.2) is 18.2 Å². The molecule has 9 heteroatoms. The van der Waals surface area contributed by atoms with Crippen molar-refractivity contribution < 1.29 is 29.3 Å². The first kappa shape index (κ1) is 17.6.